The maximum absolute atomic E-state index is 13.8. The van der Waals surface area contributed by atoms with Gasteiger partial charge in [-0.2, -0.15) is 0 Å². The van der Waals surface area contributed by atoms with Gasteiger partial charge >= 0.3 is 5.97 Å². The Morgan fingerprint density at radius 1 is 0.712 bits per heavy atom. The number of amides is 1. The first kappa shape index (κ1) is 37.8. The molecule has 1 amide bonds. The van der Waals surface area contributed by atoms with Crippen molar-refractivity contribution in [2.45, 2.75) is 50.9 Å². The van der Waals surface area contributed by atoms with Crippen molar-refractivity contribution in [1.29, 1.82) is 0 Å². The molecule has 0 saturated heterocycles. The molecule has 2 aliphatic rings. The number of rotatable bonds is 10. The van der Waals surface area contributed by atoms with Crippen LogP contribution in [0.2, 0.25) is 0 Å². The smallest absolute Gasteiger partial charge is 0.341 e. The van der Waals surface area contributed by atoms with Crippen molar-refractivity contribution in [2.24, 2.45) is 5.73 Å². The Kier molecular flexibility index (Phi) is 12.2. The van der Waals surface area contributed by atoms with Gasteiger partial charge in [0.15, 0.2) is 0 Å². The first-order valence-electron chi connectivity index (χ1n) is 16.7. The number of methoxy groups -OCH3 is 1. The van der Waals surface area contributed by atoms with E-state index in [2.05, 4.69) is 10.6 Å². The zero-order valence-corrected chi connectivity index (χ0v) is 29.0. The van der Waals surface area contributed by atoms with E-state index in [9.17, 15) is 18.4 Å². The summed E-state index contributed by atoms with van der Waals surface area (Å²) in [7, 11) is 2.26. The Bertz CT molecular complexity index is 2150. The predicted octanol–water partition coefficient (Wildman–Crippen LogP) is 7.64. The fourth-order valence-electron chi connectivity index (χ4n) is 5.64. The summed E-state index contributed by atoms with van der Waals surface area (Å²) in [4.78, 5) is 23.3. The lowest BCUT2D eigenvalue weighted by Gasteiger charge is -2.04. The number of halogens is 2. The molecule has 2 aromatic heterocycles. The summed E-state index contributed by atoms with van der Waals surface area (Å²) in [5.74, 6) is -1.16. The number of hydrogen-bond donors (Lipinski definition) is 5. The molecule has 2 saturated carbocycles. The van der Waals surface area contributed by atoms with Crippen LogP contribution < -0.4 is 22.5 Å². The van der Waals surface area contributed by atoms with E-state index < -0.39 is 23.5 Å². The number of ether oxygens (including phenoxy) is 1. The molecule has 8 rings (SSSR count). The highest BCUT2D eigenvalue weighted by molar-refractivity contribution is 6.05. The molecule has 10 nitrogen and oxygen atoms in total. The van der Waals surface area contributed by atoms with E-state index >= 15 is 0 Å². The number of aliphatic hydroxyl groups excluding tert-OH is 1. The second-order valence-electron chi connectivity index (χ2n) is 12.5. The van der Waals surface area contributed by atoms with Crippen LogP contribution in [0.4, 0.5) is 8.78 Å². The lowest BCUT2D eigenvalue weighted by Crippen LogP contribution is -2.14. The lowest BCUT2D eigenvalue weighted by atomic mass is 10.1. The van der Waals surface area contributed by atoms with Crippen LogP contribution in [0.25, 0.3) is 44.6 Å². The number of nitrogens with one attached hydrogen (secondary N) is 2. The molecule has 12 heteroatoms. The van der Waals surface area contributed by atoms with Crippen molar-refractivity contribution in [3.05, 3.63) is 119 Å². The minimum atomic E-state index is -0.707. The van der Waals surface area contributed by atoms with Crippen LogP contribution in [0.1, 0.15) is 57.5 Å². The molecule has 6 aromatic rings. The Labute approximate surface area is 299 Å². The lowest BCUT2D eigenvalue weighted by molar-refractivity contribution is 0.0601. The maximum Gasteiger partial charge on any atom is 0.341 e. The van der Waals surface area contributed by atoms with Crippen LogP contribution in [-0.2, 0) is 17.8 Å². The van der Waals surface area contributed by atoms with Crippen LogP contribution in [0.5, 0.6) is 0 Å². The van der Waals surface area contributed by atoms with Gasteiger partial charge in [-0.05, 0) is 73.2 Å². The molecular weight excluding hydrogens is 670 g/mol. The fraction of sp³-hybridized carbons (Fsp3) is 0.250. The highest BCUT2D eigenvalue weighted by Crippen LogP contribution is 2.33. The Morgan fingerprint density at radius 3 is 1.50 bits per heavy atom. The average molecular weight is 713 g/mol. The van der Waals surface area contributed by atoms with Gasteiger partial charge in [0.2, 0.25) is 0 Å². The quantitative estimate of drug-likeness (QED) is 0.0894. The van der Waals surface area contributed by atoms with E-state index in [4.69, 9.17) is 24.4 Å². The van der Waals surface area contributed by atoms with E-state index in [0.29, 0.717) is 45.5 Å². The van der Waals surface area contributed by atoms with Crippen LogP contribution in [0.3, 0.4) is 0 Å². The Morgan fingerprint density at radius 2 is 1.12 bits per heavy atom. The minimum Gasteiger partial charge on any atom is -0.465 e. The van der Waals surface area contributed by atoms with Crippen molar-refractivity contribution < 1.29 is 37.0 Å². The van der Waals surface area contributed by atoms with E-state index in [-0.39, 0.29) is 17.3 Å². The molecule has 8 N–H and O–H groups in total. The largest absolute Gasteiger partial charge is 0.465 e. The van der Waals surface area contributed by atoms with Crippen molar-refractivity contribution in [3.63, 3.8) is 0 Å². The number of furan rings is 2. The van der Waals surface area contributed by atoms with Gasteiger partial charge in [0.1, 0.15) is 39.9 Å². The fourth-order valence-corrected chi connectivity index (χ4v) is 5.64. The molecule has 0 bridgehead atoms. The summed E-state index contributed by atoms with van der Waals surface area (Å²) in [5, 5.41) is 15.0. The SMILES string of the molecule is CO.COC(=O)c1cc(F)cc2cc(-c3ccc(CNC4CC4)cc3)oc12.N.NC(=O)c1cc(F)cc2cc(-c3ccc(CNC4CC4)cc3)oc12. The Balaban J connectivity index is 0.000000189. The zero-order chi connectivity index (χ0) is 36.1. The minimum absolute atomic E-state index is 0. The third kappa shape index (κ3) is 9.09. The van der Waals surface area contributed by atoms with Crippen molar-refractivity contribution >= 4 is 33.8 Å². The Hall–Kier alpha value is -5.40. The van der Waals surface area contributed by atoms with E-state index in [1.54, 1.807) is 12.1 Å². The molecule has 52 heavy (non-hydrogen) atoms. The molecule has 272 valence electrons. The zero-order valence-electron chi connectivity index (χ0n) is 29.0. The molecule has 0 radical (unpaired) electrons. The van der Waals surface area contributed by atoms with Crippen molar-refractivity contribution in [2.75, 3.05) is 14.2 Å². The molecule has 2 aliphatic carbocycles. The first-order chi connectivity index (χ1) is 24.7. The second-order valence-corrected chi connectivity index (χ2v) is 12.5. The second kappa shape index (κ2) is 16.7. The summed E-state index contributed by atoms with van der Waals surface area (Å²) >= 11 is 0. The van der Waals surface area contributed by atoms with E-state index in [0.717, 1.165) is 43.5 Å². The van der Waals surface area contributed by atoms with Gasteiger partial charge in [-0.3, -0.25) is 4.79 Å². The maximum atomic E-state index is 13.8. The number of benzene rings is 4. The molecule has 0 aliphatic heterocycles. The predicted molar refractivity (Wildman–Crippen MR) is 196 cm³/mol. The van der Waals surface area contributed by atoms with Crippen molar-refractivity contribution in [3.8, 4) is 22.6 Å². The highest BCUT2D eigenvalue weighted by atomic mass is 19.1. The molecule has 2 fully saturated rings. The van der Waals surface area contributed by atoms with E-state index in [1.165, 1.54) is 56.1 Å². The van der Waals surface area contributed by atoms with Gasteiger partial charge in [0.25, 0.3) is 5.91 Å². The van der Waals surface area contributed by atoms with Crippen LogP contribution in [0.15, 0.2) is 93.8 Å². The number of carbonyl (C=O) groups excluding carboxylic acids is 2. The van der Waals surface area contributed by atoms with Gasteiger partial charge in [0, 0.05) is 54.2 Å². The number of aliphatic hydroxyl groups is 1. The third-order valence-corrected chi connectivity index (χ3v) is 8.65. The van der Waals surface area contributed by atoms with Gasteiger partial charge in [0.05, 0.1) is 12.7 Å². The molecular formula is C40H42F2N4O6. The molecule has 0 unspecified atom stereocenters. The number of carbonyl (C=O) groups is 2. The van der Waals surface area contributed by atoms with Crippen LogP contribution >= 0.6 is 0 Å². The molecule has 4 aromatic carbocycles. The van der Waals surface area contributed by atoms with Gasteiger partial charge in [-0.25, -0.2) is 13.6 Å². The topological polar surface area (TPSA) is 175 Å². The first-order valence-corrected chi connectivity index (χ1v) is 16.7. The molecule has 2 heterocycles. The third-order valence-electron chi connectivity index (χ3n) is 8.65. The number of esters is 1. The summed E-state index contributed by atoms with van der Waals surface area (Å²) in [6, 6.07) is 25.7. The average Bonchev–Trinajstić information content (AvgIpc) is 4.08. The molecule has 0 spiro atoms. The summed E-state index contributed by atoms with van der Waals surface area (Å²) in [6.07, 6.45) is 5.04. The summed E-state index contributed by atoms with van der Waals surface area (Å²) in [6.45, 7) is 1.70. The van der Waals surface area contributed by atoms with Gasteiger partial charge in [-0.15, -0.1) is 0 Å². The molecule has 0 atom stereocenters. The number of primary amides is 1. The number of nitrogens with two attached hydrogens (primary N) is 1. The normalized spacial score (nSPS) is 13.4. The monoisotopic (exact) mass is 712 g/mol. The van der Waals surface area contributed by atoms with Gasteiger partial charge < -0.3 is 41.2 Å². The van der Waals surface area contributed by atoms with Crippen LogP contribution in [0, 0.1) is 11.6 Å². The van der Waals surface area contributed by atoms with E-state index in [1.807, 2.05) is 48.5 Å². The number of fused-ring (bicyclic) bond motifs is 2. The summed E-state index contributed by atoms with van der Waals surface area (Å²) < 4.78 is 43.7. The van der Waals surface area contributed by atoms with Crippen molar-refractivity contribution in [1.82, 2.24) is 16.8 Å². The highest BCUT2D eigenvalue weighted by Gasteiger charge is 2.21. The number of hydrogen-bond acceptors (Lipinski definition) is 9. The standard InChI is InChI=1S/C20H18FNO3.C19H17FN2O2.CH4O.H3N/c1-24-20(23)17-10-15(21)8-14-9-18(25-19(14)17)13-4-2-12(3-5-13)11-22-16-6-7-16;20-14-7-13-8-17(24-18(13)16(9-14)19(21)23)12-3-1-11(2-4-12)10-22-15-5-6-15;1-2;/h2-5,8-10,16,22H,6-7,11H2,1H3;1-4,7-9,15,22H,5-6,10H2,(H2,21,23);2H,1H3;1H3. The summed E-state index contributed by atoms with van der Waals surface area (Å²) in [5.41, 5.74) is 10.3. The van der Waals surface area contributed by atoms with Gasteiger partial charge in [-0.1, -0.05) is 48.5 Å². The van der Waals surface area contributed by atoms with Crippen LogP contribution in [-0.4, -0.2) is 43.3 Å².